The minimum absolute atomic E-state index is 0.0465. The second-order valence-electron chi connectivity index (χ2n) is 11.5. The van der Waals surface area contributed by atoms with Gasteiger partial charge in [0, 0.05) is 45.6 Å². The SMILES string of the molecule is O=C(NCC1CCCO1)C(Cc1ccccc1)N(Cc1ccc(F)cc1)C(=O)CCc1ccc(S(=O)(=O)N2CCCC2)cc1. The molecule has 2 amide bonds. The molecule has 2 atom stereocenters. The zero-order valence-electron chi connectivity index (χ0n) is 24.9. The Kier molecular flexibility index (Phi) is 10.8. The highest BCUT2D eigenvalue weighted by molar-refractivity contribution is 7.89. The molecule has 44 heavy (non-hydrogen) atoms. The molecule has 0 aliphatic carbocycles. The fourth-order valence-corrected chi connectivity index (χ4v) is 7.30. The van der Waals surface area contributed by atoms with Crippen molar-refractivity contribution in [1.82, 2.24) is 14.5 Å². The summed E-state index contributed by atoms with van der Waals surface area (Å²) in [5, 5.41) is 3.01. The normalized spacial score (nSPS) is 17.8. The lowest BCUT2D eigenvalue weighted by molar-refractivity contribution is -0.141. The highest BCUT2D eigenvalue weighted by atomic mass is 32.2. The van der Waals surface area contributed by atoms with E-state index in [4.69, 9.17) is 4.74 Å². The summed E-state index contributed by atoms with van der Waals surface area (Å²) in [6.45, 7) is 2.25. The van der Waals surface area contributed by atoms with Crippen molar-refractivity contribution >= 4 is 21.8 Å². The highest BCUT2D eigenvalue weighted by Gasteiger charge is 2.31. The first kappa shape index (κ1) is 31.8. The summed E-state index contributed by atoms with van der Waals surface area (Å²) in [6.07, 6.45) is 4.32. The van der Waals surface area contributed by atoms with Crippen LogP contribution in [0.4, 0.5) is 4.39 Å². The van der Waals surface area contributed by atoms with E-state index in [-0.39, 0.29) is 41.6 Å². The Morgan fingerprint density at radius 3 is 2.25 bits per heavy atom. The molecule has 2 fully saturated rings. The van der Waals surface area contributed by atoms with Gasteiger partial charge < -0.3 is 15.0 Å². The standard InChI is InChI=1S/C34H40FN3O5S/c35-29-15-10-28(11-16-29)25-38(32(23-27-7-2-1-3-8-27)34(40)36-24-30-9-6-22-43-30)33(39)19-14-26-12-17-31(18-13-26)44(41,42)37-20-4-5-21-37/h1-3,7-8,10-13,15-18,30,32H,4-6,9,14,19-25H2,(H,36,40). The number of hydrogen-bond acceptors (Lipinski definition) is 5. The zero-order valence-corrected chi connectivity index (χ0v) is 25.7. The Bertz CT molecular complexity index is 1490. The first-order valence-corrected chi connectivity index (χ1v) is 16.8. The smallest absolute Gasteiger partial charge is 0.243 e. The van der Waals surface area contributed by atoms with E-state index in [1.807, 2.05) is 30.3 Å². The molecule has 2 saturated heterocycles. The molecule has 1 N–H and O–H groups in total. The number of carbonyl (C=O) groups excluding carboxylic acids is 2. The van der Waals surface area contributed by atoms with E-state index >= 15 is 0 Å². The van der Waals surface area contributed by atoms with E-state index in [1.165, 1.54) is 16.4 Å². The molecule has 0 radical (unpaired) electrons. The lowest BCUT2D eigenvalue weighted by Gasteiger charge is -2.32. The number of benzene rings is 3. The van der Waals surface area contributed by atoms with Crippen LogP contribution in [0.2, 0.25) is 0 Å². The summed E-state index contributed by atoms with van der Waals surface area (Å²) in [5.41, 5.74) is 2.44. The van der Waals surface area contributed by atoms with Crippen LogP contribution in [0.15, 0.2) is 83.8 Å². The Labute approximate surface area is 259 Å². The number of nitrogens with zero attached hydrogens (tertiary/aromatic N) is 2. The Hall–Kier alpha value is -3.60. The third-order valence-corrected chi connectivity index (χ3v) is 10.2. The zero-order chi connectivity index (χ0) is 30.9. The Morgan fingerprint density at radius 2 is 1.59 bits per heavy atom. The fourth-order valence-electron chi connectivity index (χ4n) is 5.78. The van der Waals surface area contributed by atoms with Crippen LogP contribution >= 0.6 is 0 Å². The molecule has 0 saturated carbocycles. The van der Waals surface area contributed by atoms with Crippen LogP contribution in [-0.2, 0) is 43.7 Å². The maximum atomic E-state index is 13.9. The van der Waals surface area contributed by atoms with Gasteiger partial charge in [0.1, 0.15) is 11.9 Å². The number of ether oxygens (including phenoxy) is 1. The van der Waals surface area contributed by atoms with Crippen LogP contribution < -0.4 is 5.32 Å². The van der Waals surface area contributed by atoms with Crippen molar-refractivity contribution in [1.29, 1.82) is 0 Å². The molecule has 2 unspecified atom stereocenters. The molecule has 0 spiro atoms. The van der Waals surface area contributed by atoms with Crippen molar-refractivity contribution in [3.8, 4) is 0 Å². The number of aryl methyl sites for hydroxylation is 1. The molecule has 8 nitrogen and oxygen atoms in total. The van der Waals surface area contributed by atoms with Gasteiger partial charge in [0.2, 0.25) is 21.8 Å². The second kappa shape index (κ2) is 14.9. The molecule has 234 valence electrons. The van der Waals surface area contributed by atoms with E-state index in [0.29, 0.717) is 44.6 Å². The number of nitrogens with one attached hydrogen (secondary N) is 1. The average molecular weight is 622 g/mol. The van der Waals surface area contributed by atoms with Crippen molar-refractivity contribution < 1.29 is 27.1 Å². The van der Waals surface area contributed by atoms with E-state index in [0.717, 1.165) is 36.8 Å². The number of sulfonamides is 1. The Morgan fingerprint density at radius 1 is 0.909 bits per heavy atom. The molecule has 0 aromatic heterocycles. The number of rotatable bonds is 13. The number of hydrogen-bond donors (Lipinski definition) is 1. The van der Waals surface area contributed by atoms with Crippen LogP contribution in [0.5, 0.6) is 0 Å². The summed E-state index contributed by atoms with van der Waals surface area (Å²) in [4.78, 5) is 29.5. The maximum absolute atomic E-state index is 13.9. The van der Waals surface area contributed by atoms with Gasteiger partial charge in [-0.1, -0.05) is 54.6 Å². The molecule has 2 heterocycles. The fraction of sp³-hybridized carbons (Fsp3) is 0.412. The van der Waals surface area contributed by atoms with Gasteiger partial charge in [0.05, 0.1) is 11.0 Å². The number of amides is 2. The second-order valence-corrected chi connectivity index (χ2v) is 13.4. The lowest BCUT2D eigenvalue weighted by Crippen LogP contribution is -2.51. The van der Waals surface area contributed by atoms with E-state index < -0.39 is 16.1 Å². The molecule has 10 heteroatoms. The molecular weight excluding hydrogens is 581 g/mol. The van der Waals surface area contributed by atoms with Gasteiger partial charge in [-0.3, -0.25) is 9.59 Å². The predicted octanol–water partition coefficient (Wildman–Crippen LogP) is 4.48. The van der Waals surface area contributed by atoms with Crippen molar-refractivity contribution in [2.24, 2.45) is 0 Å². The van der Waals surface area contributed by atoms with Crippen molar-refractivity contribution in [2.45, 2.75) is 68.5 Å². The Balaban J connectivity index is 1.34. The van der Waals surface area contributed by atoms with Crippen molar-refractivity contribution in [3.05, 3.63) is 101 Å². The van der Waals surface area contributed by atoms with Crippen molar-refractivity contribution in [2.75, 3.05) is 26.2 Å². The summed E-state index contributed by atoms with van der Waals surface area (Å²) >= 11 is 0. The molecule has 2 aliphatic rings. The average Bonchev–Trinajstić information content (AvgIpc) is 3.78. The number of halogens is 1. The molecule has 3 aromatic rings. The van der Waals surface area contributed by atoms with Crippen LogP contribution in [0, 0.1) is 5.82 Å². The molecule has 2 aliphatic heterocycles. The van der Waals surface area contributed by atoms with Crippen LogP contribution in [-0.4, -0.2) is 67.8 Å². The first-order chi connectivity index (χ1) is 21.3. The summed E-state index contributed by atoms with van der Waals surface area (Å²) < 4.78 is 46.7. The van der Waals surface area contributed by atoms with Gasteiger partial charge in [-0.15, -0.1) is 0 Å². The van der Waals surface area contributed by atoms with Gasteiger partial charge in [-0.05, 0) is 73.1 Å². The van der Waals surface area contributed by atoms with E-state index in [9.17, 15) is 22.4 Å². The first-order valence-electron chi connectivity index (χ1n) is 15.4. The molecule has 5 rings (SSSR count). The van der Waals surface area contributed by atoms with Crippen LogP contribution in [0.3, 0.4) is 0 Å². The van der Waals surface area contributed by atoms with Crippen LogP contribution in [0.1, 0.15) is 48.8 Å². The topological polar surface area (TPSA) is 96.0 Å². The number of carbonyl (C=O) groups is 2. The van der Waals surface area contributed by atoms with Gasteiger partial charge in [-0.2, -0.15) is 4.31 Å². The van der Waals surface area contributed by atoms with E-state index in [2.05, 4.69) is 5.32 Å². The third-order valence-electron chi connectivity index (χ3n) is 8.32. The minimum atomic E-state index is -3.52. The van der Waals surface area contributed by atoms with Gasteiger partial charge in [0.15, 0.2) is 0 Å². The van der Waals surface area contributed by atoms with Gasteiger partial charge in [0.25, 0.3) is 0 Å². The minimum Gasteiger partial charge on any atom is -0.376 e. The van der Waals surface area contributed by atoms with Crippen molar-refractivity contribution in [3.63, 3.8) is 0 Å². The van der Waals surface area contributed by atoms with Crippen LogP contribution in [0.25, 0.3) is 0 Å². The summed E-state index contributed by atoms with van der Waals surface area (Å²) in [5.74, 6) is -0.871. The van der Waals surface area contributed by atoms with Gasteiger partial charge in [-0.25, -0.2) is 12.8 Å². The quantitative estimate of drug-likeness (QED) is 0.304. The largest absolute Gasteiger partial charge is 0.376 e. The summed E-state index contributed by atoms with van der Waals surface area (Å²) in [7, 11) is -3.52. The molecule has 0 bridgehead atoms. The highest BCUT2D eigenvalue weighted by Crippen LogP contribution is 2.22. The third kappa shape index (κ3) is 8.31. The maximum Gasteiger partial charge on any atom is 0.243 e. The predicted molar refractivity (Wildman–Crippen MR) is 166 cm³/mol. The monoisotopic (exact) mass is 621 g/mol. The van der Waals surface area contributed by atoms with Gasteiger partial charge >= 0.3 is 0 Å². The lowest BCUT2D eigenvalue weighted by atomic mass is 10.0. The van der Waals surface area contributed by atoms with E-state index in [1.54, 1.807) is 41.3 Å². The summed E-state index contributed by atoms with van der Waals surface area (Å²) in [6, 6.07) is 21.4. The molecular formula is C34H40FN3O5S. The molecule has 3 aromatic carbocycles.